The number of nitrogens with zero attached hydrogens (tertiary/aromatic N) is 2. The number of piperazine rings is 1. The van der Waals surface area contributed by atoms with E-state index in [0.717, 1.165) is 62.5 Å². The molecule has 1 aliphatic rings. The van der Waals surface area contributed by atoms with Crippen molar-refractivity contribution in [1.82, 2.24) is 10.2 Å². The van der Waals surface area contributed by atoms with Crippen LogP contribution in [-0.2, 0) is 21.9 Å². The predicted molar refractivity (Wildman–Crippen MR) is 132 cm³/mol. The number of allylic oxidation sites excluding steroid dienone is 1. The van der Waals surface area contributed by atoms with Crippen LogP contribution in [0.2, 0.25) is 0 Å². The summed E-state index contributed by atoms with van der Waals surface area (Å²) >= 11 is 0. The van der Waals surface area contributed by atoms with E-state index in [4.69, 9.17) is 4.74 Å². The second kappa shape index (κ2) is 16.0. The Morgan fingerprint density at radius 2 is 1.77 bits per heavy atom. The summed E-state index contributed by atoms with van der Waals surface area (Å²) in [6.45, 7) is 7.73. The van der Waals surface area contributed by atoms with E-state index in [1.807, 2.05) is 19.1 Å². The second-order valence-corrected chi connectivity index (χ2v) is 7.88. The molecule has 1 heterocycles. The number of nitrogens with one attached hydrogen (secondary N) is 1. The maximum Gasteiger partial charge on any atom is 0.142 e. The normalized spacial score (nSPS) is 13.9. The summed E-state index contributed by atoms with van der Waals surface area (Å²) < 4.78 is 5.48. The van der Waals surface area contributed by atoms with Gasteiger partial charge in [0, 0.05) is 49.8 Å². The quantitative estimate of drug-likeness (QED) is 0.209. The molecule has 0 aromatic heterocycles. The van der Waals surface area contributed by atoms with Crippen molar-refractivity contribution in [3.63, 3.8) is 0 Å². The number of amides is 1. The molecule has 35 heavy (non-hydrogen) atoms. The number of benzene rings is 1. The van der Waals surface area contributed by atoms with E-state index >= 15 is 0 Å². The van der Waals surface area contributed by atoms with E-state index in [-0.39, 0.29) is 23.0 Å². The fourth-order valence-electron chi connectivity index (χ4n) is 3.69. The summed E-state index contributed by atoms with van der Waals surface area (Å²) in [7, 11) is 1.72. The van der Waals surface area contributed by atoms with Crippen LogP contribution in [-0.4, -0.2) is 57.2 Å². The third-order valence-electron chi connectivity index (χ3n) is 5.53. The number of anilines is 1. The summed E-state index contributed by atoms with van der Waals surface area (Å²) in [5.41, 5.74) is 2.74. The van der Waals surface area contributed by atoms with Crippen LogP contribution in [0.4, 0.5) is 5.69 Å². The first kappa shape index (κ1) is 28.4. The number of ether oxygens (including phenoxy) is 1. The van der Waals surface area contributed by atoms with Gasteiger partial charge in [0.05, 0.1) is 18.7 Å². The molecular formula is C29H29FeN3O2-10. The molecule has 0 spiro atoms. The van der Waals surface area contributed by atoms with Crippen molar-refractivity contribution in [3.05, 3.63) is 90.5 Å². The van der Waals surface area contributed by atoms with Gasteiger partial charge in [0.25, 0.3) is 0 Å². The Morgan fingerprint density at radius 1 is 1.09 bits per heavy atom. The average molecular weight is 507 g/mol. The van der Waals surface area contributed by atoms with Gasteiger partial charge in [0.15, 0.2) is 0 Å². The SMILES string of the molecule is COc1ccccc1N1CCN(CCCCNC(=O)/C=C(\C)[c-]2[c-][c-][c-][c-]2)CC1.[Fe].[c-]1[c-][c-][cH-][c-]1. The van der Waals surface area contributed by atoms with Crippen molar-refractivity contribution in [2.24, 2.45) is 0 Å². The summed E-state index contributed by atoms with van der Waals surface area (Å²) in [5.74, 6) is 0.863. The van der Waals surface area contributed by atoms with E-state index in [9.17, 15) is 4.79 Å². The number of hydrogen-bond acceptors (Lipinski definition) is 4. The zero-order valence-electron chi connectivity index (χ0n) is 20.2. The Balaban J connectivity index is 0.000000640. The van der Waals surface area contributed by atoms with Gasteiger partial charge in [-0.05, 0) is 31.5 Å². The molecule has 3 aromatic carbocycles. The van der Waals surface area contributed by atoms with Crippen molar-refractivity contribution in [3.8, 4) is 5.75 Å². The van der Waals surface area contributed by atoms with Crippen LogP contribution < -0.4 is 15.0 Å². The molecule has 6 heteroatoms. The zero-order chi connectivity index (χ0) is 24.0. The van der Waals surface area contributed by atoms with Gasteiger partial charge in [-0.3, -0.25) is 4.90 Å². The molecule has 1 aliphatic heterocycles. The first-order valence-electron chi connectivity index (χ1n) is 11.5. The largest absolute Gasteiger partial charge is 0.999 e. The number of methoxy groups -OCH3 is 1. The molecule has 0 unspecified atom stereocenters. The van der Waals surface area contributed by atoms with Gasteiger partial charge < -0.3 is 91.6 Å². The maximum atomic E-state index is 12.0. The Kier molecular flexibility index (Phi) is 13.0. The Labute approximate surface area is 221 Å². The molecule has 5 nitrogen and oxygen atoms in total. The summed E-state index contributed by atoms with van der Waals surface area (Å²) in [4.78, 5) is 16.9. The fourth-order valence-corrected chi connectivity index (χ4v) is 3.69. The van der Waals surface area contributed by atoms with Crippen molar-refractivity contribution < 1.29 is 26.6 Å². The molecule has 0 aliphatic carbocycles. The third kappa shape index (κ3) is 9.77. The monoisotopic (exact) mass is 507 g/mol. The third-order valence-corrected chi connectivity index (χ3v) is 5.53. The average Bonchev–Trinajstić information content (AvgIpc) is 3.62. The molecule has 1 saturated heterocycles. The zero-order valence-corrected chi connectivity index (χ0v) is 21.3. The molecule has 0 atom stereocenters. The number of carbonyl (C=O) groups excluding carboxylic acids is 1. The molecule has 1 fully saturated rings. The van der Waals surface area contributed by atoms with Crippen LogP contribution in [0.3, 0.4) is 0 Å². The van der Waals surface area contributed by atoms with Gasteiger partial charge in [-0.25, -0.2) is 0 Å². The van der Waals surface area contributed by atoms with Crippen LogP contribution in [0.5, 0.6) is 5.75 Å². The standard InChI is InChI=1S/C24H28N3O2.C5H.Fe/c1-20(21-9-3-4-10-21)19-24(28)25-13-7-8-14-26-15-17-27(18-16-26)22-11-5-6-12-23(22)29-2;1-2-4-5-3-1;/h5-6,11-12,19H,7-8,13-18H2,1-2H3,(H,25,28);1H;/q2*-5;/b20-19+;;. The van der Waals surface area contributed by atoms with E-state index in [2.05, 4.69) is 75.8 Å². The minimum Gasteiger partial charge on any atom is -0.999 e. The minimum absolute atomic E-state index is 0. The summed E-state index contributed by atoms with van der Waals surface area (Å²) in [6.07, 6.45) is 3.63. The van der Waals surface area contributed by atoms with E-state index in [0.29, 0.717) is 6.54 Å². The van der Waals surface area contributed by atoms with Gasteiger partial charge >= 0.3 is 0 Å². The Hall–Kier alpha value is -2.79. The van der Waals surface area contributed by atoms with Gasteiger partial charge in [-0.1, -0.05) is 12.1 Å². The topological polar surface area (TPSA) is 44.8 Å². The van der Waals surface area contributed by atoms with Gasteiger partial charge in [-0.15, -0.1) is 0 Å². The van der Waals surface area contributed by atoms with Crippen LogP contribution in [0.25, 0.3) is 5.57 Å². The van der Waals surface area contributed by atoms with E-state index in [1.165, 1.54) is 5.69 Å². The van der Waals surface area contributed by atoms with Crippen LogP contribution in [0.15, 0.2) is 36.4 Å². The van der Waals surface area contributed by atoms with Crippen molar-refractivity contribution >= 4 is 17.2 Å². The van der Waals surface area contributed by atoms with E-state index < -0.39 is 0 Å². The molecule has 0 saturated carbocycles. The molecule has 1 N–H and O–H groups in total. The molecular weight excluding hydrogens is 478 g/mol. The number of unbranched alkanes of at least 4 members (excludes halogenated alkanes) is 1. The van der Waals surface area contributed by atoms with E-state index in [1.54, 1.807) is 19.3 Å². The summed E-state index contributed by atoms with van der Waals surface area (Å²) in [6, 6.07) is 31.3. The minimum atomic E-state index is -0.0732. The first-order valence-corrected chi connectivity index (χ1v) is 11.5. The first-order chi connectivity index (χ1) is 16.7. The smallest absolute Gasteiger partial charge is 0.142 e. The van der Waals surface area contributed by atoms with Crippen LogP contribution in [0.1, 0.15) is 25.3 Å². The van der Waals surface area contributed by atoms with Gasteiger partial charge in [0.2, 0.25) is 0 Å². The number of carbonyl (C=O) groups is 1. The van der Waals surface area contributed by atoms with Crippen LogP contribution >= 0.6 is 0 Å². The van der Waals surface area contributed by atoms with Crippen molar-refractivity contribution in [1.29, 1.82) is 0 Å². The molecule has 0 radical (unpaired) electrons. The number of hydrogen-bond donors (Lipinski definition) is 1. The molecule has 190 valence electrons. The Morgan fingerprint density at radius 3 is 2.40 bits per heavy atom. The molecule has 4 rings (SSSR count). The predicted octanol–water partition coefficient (Wildman–Crippen LogP) is 3.34. The second-order valence-electron chi connectivity index (χ2n) is 7.88. The molecule has 3 aromatic rings. The maximum absolute atomic E-state index is 12.0. The number of para-hydroxylation sites is 2. The van der Waals surface area contributed by atoms with Crippen LogP contribution in [0, 0.1) is 48.5 Å². The van der Waals surface area contributed by atoms with Gasteiger partial charge in [-0.2, -0.15) is 6.92 Å². The molecule has 1 amide bonds. The van der Waals surface area contributed by atoms with Crippen molar-refractivity contribution in [2.75, 3.05) is 51.3 Å². The number of rotatable bonds is 9. The fraction of sp³-hybridized carbons (Fsp3) is 0.345. The van der Waals surface area contributed by atoms with Gasteiger partial charge in [0.1, 0.15) is 5.75 Å². The Bertz CT molecular complexity index is 958. The van der Waals surface area contributed by atoms with Crippen molar-refractivity contribution in [2.45, 2.75) is 19.8 Å². The summed E-state index contributed by atoms with van der Waals surface area (Å²) in [5, 5.41) is 2.95. The molecule has 0 bridgehead atoms.